The van der Waals surface area contributed by atoms with Crippen molar-refractivity contribution < 1.29 is 4.74 Å². The largest absolute Gasteiger partial charge is 0.376 e. The van der Waals surface area contributed by atoms with Crippen LogP contribution in [0, 0.1) is 6.92 Å². The molecule has 2 aromatic rings. The lowest BCUT2D eigenvalue weighted by Crippen LogP contribution is -2.24. The quantitative estimate of drug-likeness (QED) is 0.623. The van der Waals surface area contributed by atoms with E-state index < -0.39 is 0 Å². The molecule has 0 aliphatic carbocycles. The lowest BCUT2D eigenvalue weighted by molar-refractivity contribution is 0.0935. The summed E-state index contributed by atoms with van der Waals surface area (Å²) < 4.78 is 8.15. The van der Waals surface area contributed by atoms with Gasteiger partial charge in [0.05, 0.1) is 19.2 Å². The highest BCUT2D eigenvalue weighted by molar-refractivity contribution is 7.98. The zero-order valence-corrected chi connectivity index (χ0v) is 17.0. The SMILES string of the molecule is CCCN(C)Cc1nnc(SCc2ccccc2C)n1CC1CCCO1. The van der Waals surface area contributed by atoms with Crippen molar-refractivity contribution in [2.75, 3.05) is 20.2 Å². The number of ether oxygens (including phenoxy) is 1. The number of hydrogen-bond donors (Lipinski definition) is 0. The Morgan fingerprint density at radius 3 is 2.88 bits per heavy atom. The van der Waals surface area contributed by atoms with Crippen LogP contribution in [0.1, 0.15) is 43.1 Å². The normalized spacial score (nSPS) is 17.3. The molecule has 1 fully saturated rings. The van der Waals surface area contributed by atoms with E-state index in [9.17, 15) is 0 Å². The summed E-state index contributed by atoms with van der Waals surface area (Å²) in [5.41, 5.74) is 2.68. The summed E-state index contributed by atoms with van der Waals surface area (Å²) in [5.74, 6) is 1.96. The third kappa shape index (κ3) is 5.09. The Kier molecular flexibility index (Phi) is 7.11. The van der Waals surface area contributed by atoms with Crippen molar-refractivity contribution in [2.24, 2.45) is 0 Å². The van der Waals surface area contributed by atoms with E-state index in [1.54, 1.807) is 11.8 Å². The van der Waals surface area contributed by atoms with E-state index in [0.29, 0.717) is 6.10 Å². The zero-order valence-electron chi connectivity index (χ0n) is 16.1. The first-order valence-corrected chi connectivity index (χ1v) is 10.6. The maximum absolute atomic E-state index is 5.87. The summed E-state index contributed by atoms with van der Waals surface area (Å²) in [6.45, 7) is 8.01. The lowest BCUT2D eigenvalue weighted by Gasteiger charge is -2.18. The van der Waals surface area contributed by atoms with E-state index in [-0.39, 0.29) is 0 Å². The van der Waals surface area contributed by atoms with Crippen LogP contribution in [0.15, 0.2) is 29.4 Å². The van der Waals surface area contributed by atoms with Crippen molar-refractivity contribution in [3.05, 3.63) is 41.2 Å². The molecule has 142 valence electrons. The van der Waals surface area contributed by atoms with Gasteiger partial charge in [0.2, 0.25) is 0 Å². The molecule has 0 amide bonds. The predicted octanol–water partition coefficient (Wildman–Crippen LogP) is 3.90. The van der Waals surface area contributed by atoms with Gasteiger partial charge in [0, 0.05) is 12.4 Å². The molecule has 1 aliphatic heterocycles. The average molecular weight is 375 g/mol. The van der Waals surface area contributed by atoms with Crippen LogP contribution in [0.3, 0.4) is 0 Å². The molecule has 0 bridgehead atoms. The average Bonchev–Trinajstić information content (AvgIpc) is 3.26. The summed E-state index contributed by atoms with van der Waals surface area (Å²) >= 11 is 1.77. The molecule has 1 aromatic carbocycles. The monoisotopic (exact) mass is 374 g/mol. The molecule has 6 heteroatoms. The van der Waals surface area contributed by atoms with Gasteiger partial charge in [0.1, 0.15) is 5.82 Å². The van der Waals surface area contributed by atoms with Crippen molar-refractivity contribution >= 4 is 11.8 Å². The van der Waals surface area contributed by atoms with E-state index in [1.807, 2.05) is 0 Å². The van der Waals surface area contributed by atoms with Crippen LogP contribution in [-0.4, -0.2) is 46.0 Å². The maximum Gasteiger partial charge on any atom is 0.191 e. The minimum absolute atomic E-state index is 0.291. The zero-order chi connectivity index (χ0) is 18.4. The Morgan fingerprint density at radius 1 is 1.31 bits per heavy atom. The minimum atomic E-state index is 0.291. The second kappa shape index (κ2) is 9.53. The fourth-order valence-corrected chi connectivity index (χ4v) is 4.38. The molecule has 3 rings (SSSR count). The molecule has 1 atom stereocenters. The molecule has 2 heterocycles. The van der Waals surface area contributed by atoms with Crippen molar-refractivity contribution in [3.63, 3.8) is 0 Å². The Balaban J connectivity index is 1.74. The molecule has 5 nitrogen and oxygen atoms in total. The molecule has 1 unspecified atom stereocenters. The number of aryl methyl sites for hydroxylation is 1. The highest BCUT2D eigenvalue weighted by Crippen LogP contribution is 2.25. The highest BCUT2D eigenvalue weighted by atomic mass is 32.2. The van der Waals surface area contributed by atoms with Crippen LogP contribution in [0.25, 0.3) is 0 Å². The summed E-state index contributed by atoms with van der Waals surface area (Å²) in [4.78, 5) is 2.31. The Morgan fingerprint density at radius 2 is 2.15 bits per heavy atom. The summed E-state index contributed by atoms with van der Waals surface area (Å²) in [6.07, 6.45) is 3.72. The lowest BCUT2D eigenvalue weighted by atomic mass is 10.1. The number of thioether (sulfide) groups is 1. The van der Waals surface area contributed by atoms with Crippen molar-refractivity contribution in [1.29, 1.82) is 0 Å². The second-order valence-electron chi connectivity index (χ2n) is 7.10. The summed E-state index contributed by atoms with van der Waals surface area (Å²) in [7, 11) is 2.15. The highest BCUT2D eigenvalue weighted by Gasteiger charge is 2.21. The van der Waals surface area contributed by atoms with Gasteiger partial charge in [-0.2, -0.15) is 0 Å². The standard InChI is InChI=1S/C20H30N4OS/c1-4-11-23(3)14-19-21-22-20(24(19)13-18-10-7-12-25-18)26-15-17-9-6-5-8-16(17)2/h5-6,8-9,18H,4,7,10-15H2,1-3H3. The van der Waals surface area contributed by atoms with E-state index in [2.05, 4.69) is 64.8 Å². The van der Waals surface area contributed by atoms with Crippen LogP contribution < -0.4 is 0 Å². The predicted molar refractivity (Wildman–Crippen MR) is 106 cm³/mol. The van der Waals surface area contributed by atoms with E-state index >= 15 is 0 Å². The van der Waals surface area contributed by atoms with Crippen molar-refractivity contribution in [1.82, 2.24) is 19.7 Å². The number of nitrogens with zero attached hydrogens (tertiary/aromatic N) is 4. The van der Waals surface area contributed by atoms with Crippen LogP contribution in [0.5, 0.6) is 0 Å². The van der Waals surface area contributed by atoms with Crippen molar-refractivity contribution in [3.8, 4) is 0 Å². The van der Waals surface area contributed by atoms with Crippen LogP contribution in [-0.2, 0) is 23.6 Å². The molecule has 0 radical (unpaired) electrons. The third-order valence-electron chi connectivity index (χ3n) is 4.84. The Hall–Kier alpha value is -1.37. The van der Waals surface area contributed by atoms with Gasteiger partial charge in [-0.3, -0.25) is 4.90 Å². The van der Waals surface area contributed by atoms with Crippen LogP contribution in [0.2, 0.25) is 0 Å². The van der Waals surface area contributed by atoms with Crippen LogP contribution in [0.4, 0.5) is 0 Å². The van der Waals surface area contributed by atoms with Crippen LogP contribution >= 0.6 is 11.8 Å². The first-order valence-electron chi connectivity index (χ1n) is 9.57. The number of benzene rings is 1. The summed E-state index contributed by atoms with van der Waals surface area (Å²) in [5, 5.41) is 10.0. The Bertz CT molecular complexity index is 697. The molecule has 0 spiro atoms. The fraction of sp³-hybridized carbons (Fsp3) is 0.600. The Labute approximate surface area is 161 Å². The summed E-state index contributed by atoms with van der Waals surface area (Å²) in [6, 6.07) is 8.55. The molecule has 26 heavy (non-hydrogen) atoms. The van der Waals surface area contributed by atoms with E-state index in [4.69, 9.17) is 4.74 Å². The van der Waals surface area contributed by atoms with Gasteiger partial charge in [-0.15, -0.1) is 10.2 Å². The van der Waals surface area contributed by atoms with E-state index in [1.165, 1.54) is 11.1 Å². The first kappa shape index (κ1) is 19.4. The van der Waals surface area contributed by atoms with Gasteiger partial charge in [0.25, 0.3) is 0 Å². The van der Waals surface area contributed by atoms with Gasteiger partial charge < -0.3 is 9.30 Å². The number of rotatable bonds is 9. The van der Waals surface area contributed by atoms with Gasteiger partial charge in [-0.25, -0.2) is 0 Å². The van der Waals surface area contributed by atoms with Gasteiger partial charge >= 0.3 is 0 Å². The van der Waals surface area contributed by atoms with Gasteiger partial charge in [0.15, 0.2) is 5.16 Å². The number of aromatic nitrogens is 3. The third-order valence-corrected chi connectivity index (χ3v) is 5.85. The molecule has 1 aliphatic rings. The van der Waals surface area contributed by atoms with Gasteiger partial charge in [-0.05, 0) is 50.9 Å². The molecule has 0 N–H and O–H groups in total. The van der Waals surface area contributed by atoms with E-state index in [0.717, 1.165) is 62.2 Å². The minimum Gasteiger partial charge on any atom is -0.376 e. The molecule has 1 aromatic heterocycles. The molecule has 1 saturated heterocycles. The molecular formula is C20H30N4OS. The van der Waals surface area contributed by atoms with Gasteiger partial charge in [-0.1, -0.05) is 43.0 Å². The van der Waals surface area contributed by atoms with Crippen molar-refractivity contribution in [2.45, 2.75) is 63.2 Å². The molecular weight excluding hydrogens is 344 g/mol. The molecule has 0 saturated carbocycles. The first-order chi connectivity index (χ1) is 12.7. The second-order valence-corrected chi connectivity index (χ2v) is 8.04. The topological polar surface area (TPSA) is 43.2 Å². The smallest absolute Gasteiger partial charge is 0.191 e. The number of hydrogen-bond acceptors (Lipinski definition) is 5. The fourth-order valence-electron chi connectivity index (χ4n) is 3.33. The maximum atomic E-state index is 5.87.